The van der Waals surface area contributed by atoms with Crippen LogP contribution in [0.25, 0.3) is 10.9 Å². The number of carbonyl (C=O) groups excluding carboxylic acids is 3. The SMILES string of the molecule is O=C(O)Nc1ccc(C(=O)N[C@@H](Cc2c[nH]c3ccccc23)C(=O)N2C(=O)O[C@]3(CCCNC3)c3c2ccc(Cl)c3F)cc1. The Morgan fingerprint density at radius 2 is 1.89 bits per heavy atom. The summed E-state index contributed by atoms with van der Waals surface area (Å²) in [5.41, 5.74) is 0.554. The molecule has 3 aromatic carbocycles. The molecule has 1 saturated heterocycles. The van der Waals surface area contributed by atoms with E-state index in [0.717, 1.165) is 15.8 Å². The first-order chi connectivity index (χ1) is 21.2. The van der Waals surface area contributed by atoms with Crippen molar-refractivity contribution >= 4 is 57.9 Å². The number of ether oxygens (including phenoxy) is 1. The highest BCUT2D eigenvalue weighted by atomic mass is 35.5. The number of nitrogens with zero attached hydrogens (tertiary/aromatic N) is 1. The van der Waals surface area contributed by atoms with Crippen LogP contribution in [0.1, 0.15) is 34.3 Å². The first-order valence-electron chi connectivity index (χ1n) is 13.9. The summed E-state index contributed by atoms with van der Waals surface area (Å²) in [6.07, 6.45) is 0.384. The summed E-state index contributed by atoms with van der Waals surface area (Å²) >= 11 is 6.16. The molecular weight excluding hydrogens is 593 g/mol. The number of carbonyl (C=O) groups is 4. The molecule has 0 saturated carbocycles. The number of rotatable bonds is 6. The van der Waals surface area contributed by atoms with Crippen LogP contribution < -0.4 is 20.9 Å². The molecule has 0 radical (unpaired) electrons. The lowest BCUT2D eigenvalue weighted by Crippen LogP contribution is -2.58. The maximum Gasteiger partial charge on any atom is 0.422 e. The number of amides is 4. The lowest BCUT2D eigenvalue weighted by atomic mass is 9.83. The number of hydrogen-bond acceptors (Lipinski definition) is 6. The van der Waals surface area contributed by atoms with Gasteiger partial charge in [-0.05, 0) is 67.4 Å². The molecule has 2 atom stereocenters. The number of halogens is 2. The van der Waals surface area contributed by atoms with Crippen molar-refractivity contribution in [3.8, 4) is 0 Å². The summed E-state index contributed by atoms with van der Waals surface area (Å²) < 4.78 is 21.5. The van der Waals surface area contributed by atoms with Gasteiger partial charge in [0.1, 0.15) is 6.04 Å². The maximum atomic E-state index is 15.7. The van der Waals surface area contributed by atoms with Crippen LogP contribution in [0.15, 0.2) is 66.9 Å². The molecule has 13 heteroatoms. The molecule has 0 unspecified atom stereocenters. The van der Waals surface area contributed by atoms with E-state index in [-0.39, 0.29) is 40.5 Å². The monoisotopic (exact) mass is 619 g/mol. The third kappa shape index (κ3) is 5.33. The summed E-state index contributed by atoms with van der Waals surface area (Å²) in [6, 6.07) is 14.4. The number of para-hydroxylation sites is 1. The zero-order valence-electron chi connectivity index (χ0n) is 23.2. The summed E-state index contributed by atoms with van der Waals surface area (Å²) in [5.74, 6) is -2.27. The Balaban J connectivity index is 1.38. The quantitative estimate of drug-likeness (QED) is 0.200. The van der Waals surface area contributed by atoms with Crippen LogP contribution in [0.2, 0.25) is 5.02 Å². The fourth-order valence-electron chi connectivity index (χ4n) is 5.86. The van der Waals surface area contributed by atoms with Crippen molar-refractivity contribution in [2.75, 3.05) is 23.3 Å². The van der Waals surface area contributed by atoms with Gasteiger partial charge in [-0.25, -0.2) is 18.9 Å². The molecule has 4 amide bonds. The highest BCUT2D eigenvalue weighted by Crippen LogP contribution is 2.46. The number of H-pyrrole nitrogens is 1. The molecule has 1 fully saturated rings. The van der Waals surface area contributed by atoms with Gasteiger partial charge >= 0.3 is 12.2 Å². The minimum absolute atomic E-state index is 0.000811. The normalized spacial score (nSPS) is 18.4. The molecule has 226 valence electrons. The van der Waals surface area contributed by atoms with Crippen molar-refractivity contribution in [2.24, 2.45) is 0 Å². The fraction of sp³-hybridized carbons (Fsp3) is 0.226. The van der Waals surface area contributed by atoms with Crippen molar-refractivity contribution in [3.63, 3.8) is 0 Å². The van der Waals surface area contributed by atoms with E-state index in [0.29, 0.717) is 24.9 Å². The Labute approximate surface area is 255 Å². The first kappa shape index (κ1) is 29.1. The zero-order valence-corrected chi connectivity index (χ0v) is 23.9. The number of imide groups is 1. The van der Waals surface area contributed by atoms with Gasteiger partial charge in [0.25, 0.3) is 11.8 Å². The van der Waals surface area contributed by atoms with Crippen LogP contribution >= 0.6 is 11.6 Å². The fourth-order valence-corrected chi connectivity index (χ4v) is 6.01. The average Bonchev–Trinajstić information content (AvgIpc) is 3.41. The van der Waals surface area contributed by atoms with E-state index in [1.165, 1.54) is 36.4 Å². The number of hydrogen-bond donors (Lipinski definition) is 5. The predicted molar refractivity (Wildman–Crippen MR) is 161 cm³/mol. The van der Waals surface area contributed by atoms with Gasteiger partial charge in [0.05, 0.1) is 16.3 Å². The zero-order chi connectivity index (χ0) is 31.0. The lowest BCUT2D eigenvalue weighted by Gasteiger charge is -2.44. The second-order valence-electron chi connectivity index (χ2n) is 10.7. The number of aromatic nitrogens is 1. The van der Waals surface area contributed by atoms with Crippen molar-refractivity contribution in [1.82, 2.24) is 15.6 Å². The molecule has 44 heavy (non-hydrogen) atoms. The molecule has 3 heterocycles. The van der Waals surface area contributed by atoms with E-state index in [4.69, 9.17) is 21.4 Å². The van der Waals surface area contributed by atoms with Gasteiger partial charge in [-0.3, -0.25) is 14.9 Å². The second-order valence-corrected chi connectivity index (χ2v) is 11.1. The molecule has 11 nitrogen and oxygen atoms in total. The molecule has 1 aromatic heterocycles. The number of nitrogens with one attached hydrogen (secondary N) is 4. The number of anilines is 2. The summed E-state index contributed by atoms with van der Waals surface area (Å²) in [4.78, 5) is 56.1. The van der Waals surface area contributed by atoms with Crippen LogP contribution in [0.5, 0.6) is 0 Å². The Morgan fingerprint density at radius 3 is 2.61 bits per heavy atom. The molecule has 1 spiro atoms. The topological polar surface area (TPSA) is 153 Å². The first-order valence-corrected chi connectivity index (χ1v) is 14.3. The molecule has 0 bridgehead atoms. The minimum atomic E-state index is -1.35. The van der Waals surface area contributed by atoms with Gasteiger partial charge in [0, 0.05) is 41.3 Å². The molecule has 0 aliphatic carbocycles. The van der Waals surface area contributed by atoms with E-state index in [2.05, 4.69) is 20.9 Å². The smallest absolute Gasteiger partial charge is 0.422 e. The Hall–Kier alpha value is -4.94. The number of benzene rings is 3. The van der Waals surface area contributed by atoms with Crippen LogP contribution in [-0.4, -0.2) is 53.2 Å². The van der Waals surface area contributed by atoms with Gasteiger partial charge < -0.3 is 25.5 Å². The van der Waals surface area contributed by atoms with E-state index in [9.17, 15) is 19.2 Å². The van der Waals surface area contributed by atoms with Gasteiger partial charge in [0.15, 0.2) is 11.4 Å². The van der Waals surface area contributed by atoms with Crippen LogP contribution in [0.3, 0.4) is 0 Å². The second kappa shape index (κ2) is 11.6. The third-order valence-electron chi connectivity index (χ3n) is 7.90. The molecule has 2 aliphatic rings. The van der Waals surface area contributed by atoms with Gasteiger partial charge in [-0.2, -0.15) is 0 Å². The third-order valence-corrected chi connectivity index (χ3v) is 8.19. The van der Waals surface area contributed by atoms with E-state index in [1.807, 2.05) is 24.3 Å². The van der Waals surface area contributed by atoms with Crippen molar-refractivity contribution in [3.05, 3.63) is 94.4 Å². The maximum absolute atomic E-state index is 15.7. The van der Waals surface area contributed by atoms with E-state index in [1.54, 1.807) is 6.20 Å². The van der Waals surface area contributed by atoms with Crippen LogP contribution in [-0.2, 0) is 21.6 Å². The molecular formula is C31H27ClFN5O6. The summed E-state index contributed by atoms with van der Waals surface area (Å²) in [6.45, 7) is 0.804. The molecule has 2 aliphatic heterocycles. The van der Waals surface area contributed by atoms with Crippen molar-refractivity contribution in [2.45, 2.75) is 30.9 Å². The van der Waals surface area contributed by atoms with E-state index < -0.39 is 41.5 Å². The molecule has 5 N–H and O–H groups in total. The Morgan fingerprint density at radius 1 is 1.11 bits per heavy atom. The van der Waals surface area contributed by atoms with Gasteiger partial charge in [0.2, 0.25) is 0 Å². The number of carboxylic acid groups (broad SMARTS) is 1. The highest BCUT2D eigenvalue weighted by molar-refractivity contribution is 6.31. The average molecular weight is 620 g/mol. The van der Waals surface area contributed by atoms with Crippen LogP contribution in [0.4, 0.5) is 25.4 Å². The van der Waals surface area contributed by atoms with E-state index >= 15 is 4.39 Å². The predicted octanol–water partition coefficient (Wildman–Crippen LogP) is 5.15. The summed E-state index contributed by atoms with van der Waals surface area (Å²) in [7, 11) is 0. The number of piperidine rings is 1. The largest absolute Gasteiger partial charge is 0.465 e. The Kier molecular flexibility index (Phi) is 7.70. The van der Waals surface area contributed by atoms with Gasteiger partial charge in [-0.1, -0.05) is 29.8 Å². The Bertz CT molecular complexity index is 1790. The highest BCUT2D eigenvalue weighted by Gasteiger charge is 2.50. The number of aromatic amines is 1. The summed E-state index contributed by atoms with van der Waals surface area (Å²) in [5, 5.41) is 17.6. The lowest BCUT2D eigenvalue weighted by molar-refractivity contribution is -0.120. The van der Waals surface area contributed by atoms with Crippen LogP contribution in [0, 0.1) is 5.82 Å². The van der Waals surface area contributed by atoms with Gasteiger partial charge in [-0.15, -0.1) is 0 Å². The molecule has 6 rings (SSSR count). The van der Waals surface area contributed by atoms with Crippen molar-refractivity contribution in [1.29, 1.82) is 0 Å². The number of fused-ring (bicyclic) bond motifs is 3. The minimum Gasteiger partial charge on any atom is -0.465 e. The van der Waals surface area contributed by atoms with Crippen molar-refractivity contribution < 1.29 is 33.4 Å². The standard InChI is InChI=1S/C31H27ClFN5O6/c32-21-10-11-24-25(26(21)33)31(12-3-13-34-16-31)44-30(43)38(24)28(40)23(14-18-15-35-22-5-2-1-4-20(18)22)37-27(39)17-6-8-19(9-7-17)36-29(41)42/h1-2,4-11,15,23,34-36H,3,12-14,16H2,(H,37,39)(H,41,42)/t23-,31-/m0/s1. The molecule has 4 aromatic rings.